The zero-order valence-electron chi connectivity index (χ0n) is 23.8. The predicted molar refractivity (Wildman–Crippen MR) is 154 cm³/mol. The van der Waals surface area contributed by atoms with Gasteiger partial charge in [-0.2, -0.15) is 0 Å². The molecule has 4 heterocycles. The van der Waals surface area contributed by atoms with Crippen molar-refractivity contribution in [2.45, 2.75) is 109 Å². The summed E-state index contributed by atoms with van der Waals surface area (Å²) >= 11 is 0. The Labute approximate surface area is 232 Å². The van der Waals surface area contributed by atoms with Crippen LogP contribution >= 0.6 is 0 Å². The molecule has 7 rings (SSSR count). The summed E-state index contributed by atoms with van der Waals surface area (Å²) in [7, 11) is 0. The smallest absolute Gasteiger partial charge is 0.251 e. The summed E-state index contributed by atoms with van der Waals surface area (Å²) in [6, 6.07) is 11.9. The SMILES string of the molecule is CC.CC1(C)CC2NC(=O)c3ccc4c(c3)[C@@H](CCC4)N3C(=O)CC(CCCCc4ccc(c2c4)O1)N=C3N. The molecule has 2 aromatic carbocycles. The lowest BCUT2D eigenvalue weighted by Gasteiger charge is -2.39. The lowest BCUT2D eigenvalue weighted by molar-refractivity contribution is -0.130. The van der Waals surface area contributed by atoms with Crippen molar-refractivity contribution in [2.75, 3.05) is 0 Å². The highest BCUT2D eigenvalue weighted by atomic mass is 16.5. The molecule has 208 valence electrons. The summed E-state index contributed by atoms with van der Waals surface area (Å²) in [6.45, 7) is 8.13. The third-order valence-electron chi connectivity index (χ3n) is 8.33. The van der Waals surface area contributed by atoms with Crippen molar-refractivity contribution in [3.05, 3.63) is 64.2 Å². The van der Waals surface area contributed by atoms with Crippen LogP contribution in [0.15, 0.2) is 41.4 Å². The van der Waals surface area contributed by atoms with Crippen molar-refractivity contribution in [3.63, 3.8) is 0 Å². The standard InChI is InChI=1S/C30H36N4O3.C2H6/c1-30(2)17-24-23-14-18(10-13-26(23)37-30)6-3-4-8-21-16-27(35)34(29(31)32-21)25-9-5-7-19-11-12-20(15-22(19)25)28(36)33-24;1-2/h10-15,21,24-25H,3-9,16-17H2,1-2H3,(H2,31,32)(H,33,36);1-2H3/t21?,24?,25-;/m1./s1. The van der Waals surface area contributed by atoms with E-state index < -0.39 is 0 Å². The first-order valence-electron chi connectivity index (χ1n) is 14.7. The number of aliphatic imine (C=N–C) groups is 1. The van der Waals surface area contributed by atoms with E-state index in [1.54, 1.807) is 4.90 Å². The molecular weight excluding hydrogens is 488 g/mol. The van der Waals surface area contributed by atoms with Crippen LogP contribution in [0.3, 0.4) is 0 Å². The molecule has 2 aromatic rings. The van der Waals surface area contributed by atoms with Gasteiger partial charge in [-0.05, 0) is 87.3 Å². The Morgan fingerprint density at radius 2 is 1.82 bits per heavy atom. The fourth-order valence-corrected chi connectivity index (χ4v) is 6.55. The van der Waals surface area contributed by atoms with Gasteiger partial charge >= 0.3 is 0 Å². The van der Waals surface area contributed by atoms with E-state index in [1.807, 2.05) is 38.1 Å². The number of nitrogens with zero attached hydrogens (tertiary/aromatic N) is 2. The van der Waals surface area contributed by atoms with Crippen LogP contribution in [0.2, 0.25) is 0 Å². The number of carbonyl (C=O) groups excluding carboxylic acids is 2. The van der Waals surface area contributed by atoms with Crippen molar-refractivity contribution in [2.24, 2.45) is 10.7 Å². The molecule has 0 aromatic heterocycles. The van der Waals surface area contributed by atoms with E-state index in [2.05, 4.69) is 31.3 Å². The highest BCUT2D eigenvalue weighted by Crippen LogP contribution is 2.41. The highest BCUT2D eigenvalue weighted by Gasteiger charge is 2.37. The van der Waals surface area contributed by atoms with Gasteiger partial charge in [0.15, 0.2) is 5.96 Å². The lowest BCUT2D eigenvalue weighted by atomic mass is 9.84. The van der Waals surface area contributed by atoms with Crippen LogP contribution in [0.25, 0.3) is 0 Å². The van der Waals surface area contributed by atoms with Gasteiger partial charge in [0.05, 0.1) is 18.1 Å². The highest BCUT2D eigenvalue weighted by molar-refractivity contribution is 5.99. The summed E-state index contributed by atoms with van der Waals surface area (Å²) in [5.41, 5.74) is 11.1. The first-order chi connectivity index (χ1) is 18.8. The third-order valence-corrected chi connectivity index (χ3v) is 8.33. The minimum absolute atomic E-state index is 0.0380. The molecule has 6 bridgehead atoms. The minimum atomic E-state index is -0.381. The molecule has 2 unspecified atom stereocenters. The molecule has 7 nitrogen and oxygen atoms in total. The number of benzene rings is 2. The molecule has 0 spiro atoms. The summed E-state index contributed by atoms with van der Waals surface area (Å²) < 4.78 is 6.28. The van der Waals surface area contributed by atoms with Crippen LogP contribution in [0.5, 0.6) is 5.75 Å². The van der Waals surface area contributed by atoms with Crippen LogP contribution < -0.4 is 15.8 Å². The van der Waals surface area contributed by atoms with Gasteiger partial charge in [-0.3, -0.25) is 14.5 Å². The molecule has 3 N–H and O–H groups in total. The number of nitrogens with two attached hydrogens (primary N) is 1. The average molecular weight is 531 g/mol. The Balaban J connectivity index is 0.00000151. The van der Waals surface area contributed by atoms with E-state index in [9.17, 15) is 9.59 Å². The molecule has 5 aliphatic rings. The van der Waals surface area contributed by atoms with Gasteiger partial charge in [-0.1, -0.05) is 38.5 Å². The van der Waals surface area contributed by atoms with Gasteiger partial charge in [-0.25, -0.2) is 4.99 Å². The topological polar surface area (TPSA) is 97.0 Å². The number of guanidine groups is 1. The number of fused-ring (bicyclic) bond motifs is 5. The van der Waals surface area contributed by atoms with E-state index in [0.29, 0.717) is 24.4 Å². The first kappa shape index (κ1) is 27.2. The van der Waals surface area contributed by atoms with Crippen LogP contribution in [-0.4, -0.2) is 34.3 Å². The molecule has 39 heavy (non-hydrogen) atoms. The Morgan fingerprint density at radius 1 is 1.00 bits per heavy atom. The van der Waals surface area contributed by atoms with Gasteiger partial charge < -0.3 is 15.8 Å². The maximum Gasteiger partial charge on any atom is 0.251 e. The molecule has 3 atom stereocenters. The number of aryl methyl sites for hydroxylation is 2. The molecule has 4 aliphatic heterocycles. The number of hydrogen-bond donors (Lipinski definition) is 2. The zero-order chi connectivity index (χ0) is 27.7. The van der Waals surface area contributed by atoms with Crippen LogP contribution in [-0.2, 0) is 17.6 Å². The van der Waals surface area contributed by atoms with Crippen molar-refractivity contribution in [3.8, 4) is 5.75 Å². The van der Waals surface area contributed by atoms with Gasteiger partial charge in [0, 0.05) is 24.0 Å². The average Bonchev–Trinajstić information content (AvgIpc) is 2.91. The van der Waals surface area contributed by atoms with Crippen LogP contribution in [0, 0.1) is 0 Å². The van der Waals surface area contributed by atoms with E-state index in [-0.39, 0.29) is 35.5 Å². The van der Waals surface area contributed by atoms with E-state index in [1.165, 1.54) is 11.1 Å². The van der Waals surface area contributed by atoms with E-state index in [0.717, 1.165) is 61.8 Å². The molecule has 0 radical (unpaired) electrons. The molecule has 0 fully saturated rings. The van der Waals surface area contributed by atoms with Crippen molar-refractivity contribution in [1.82, 2.24) is 10.2 Å². The summed E-state index contributed by atoms with van der Waals surface area (Å²) in [5.74, 6) is 1.09. The summed E-state index contributed by atoms with van der Waals surface area (Å²) in [6.07, 6.45) is 7.56. The van der Waals surface area contributed by atoms with Gasteiger partial charge in [0.25, 0.3) is 5.91 Å². The minimum Gasteiger partial charge on any atom is -0.487 e. The number of ether oxygens (including phenoxy) is 1. The maximum atomic E-state index is 13.6. The summed E-state index contributed by atoms with van der Waals surface area (Å²) in [5, 5.41) is 3.31. The Bertz CT molecular complexity index is 1280. The second-order valence-electron chi connectivity index (χ2n) is 11.6. The quantitative estimate of drug-likeness (QED) is 0.452. The first-order valence-corrected chi connectivity index (χ1v) is 14.7. The number of hydrogen-bond acceptors (Lipinski definition) is 5. The fraction of sp³-hybridized carbons (Fsp3) is 0.531. The Morgan fingerprint density at radius 3 is 2.62 bits per heavy atom. The molecule has 7 heteroatoms. The molecule has 0 saturated carbocycles. The van der Waals surface area contributed by atoms with Crippen molar-refractivity contribution < 1.29 is 14.3 Å². The normalized spacial score (nSPS) is 25.7. The Kier molecular flexibility index (Phi) is 7.70. The van der Waals surface area contributed by atoms with Crippen molar-refractivity contribution >= 4 is 17.8 Å². The lowest BCUT2D eigenvalue weighted by Crippen LogP contribution is -2.49. The van der Waals surface area contributed by atoms with Crippen molar-refractivity contribution in [1.29, 1.82) is 0 Å². The fourth-order valence-electron chi connectivity index (χ4n) is 6.55. The van der Waals surface area contributed by atoms with Crippen LogP contribution in [0.1, 0.15) is 117 Å². The van der Waals surface area contributed by atoms with Crippen LogP contribution in [0.4, 0.5) is 0 Å². The maximum absolute atomic E-state index is 13.6. The Hall–Kier alpha value is -3.35. The zero-order valence-corrected chi connectivity index (χ0v) is 23.8. The second-order valence-corrected chi connectivity index (χ2v) is 11.6. The van der Waals surface area contributed by atoms with E-state index in [4.69, 9.17) is 15.5 Å². The number of nitrogens with one attached hydrogen (secondary N) is 1. The molecule has 1 aliphatic carbocycles. The molecule has 2 amide bonds. The second kappa shape index (κ2) is 11.0. The van der Waals surface area contributed by atoms with Gasteiger partial charge in [-0.15, -0.1) is 0 Å². The monoisotopic (exact) mass is 530 g/mol. The number of carbonyl (C=O) groups is 2. The molecular formula is C32H42N4O3. The summed E-state index contributed by atoms with van der Waals surface area (Å²) in [4.78, 5) is 33.4. The number of rotatable bonds is 0. The number of amides is 2. The molecule has 0 saturated heterocycles. The largest absolute Gasteiger partial charge is 0.487 e. The van der Waals surface area contributed by atoms with Gasteiger partial charge in [0.1, 0.15) is 11.4 Å². The van der Waals surface area contributed by atoms with E-state index >= 15 is 0 Å². The third kappa shape index (κ3) is 5.54. The predicted octanol–water partition coefficient (Wildman–Crippen LogP) is 5.76. The van der Waals surface area contributed by atoms with Gasteiger partial charge in [0.2, 0.25) is 5.91 Å².